The van der Waals surface area contributed by atoms with Gasteiger partial charge in [0.05, 0.1) is 0 Å². The van der Waals surface area contributed by atoms with Gasteiger partial charge >= 0.3 is 23.9 Å². The van der Waals surface area contributed by atoms with Gasteiger partial charge in [-0.05, 0) is 0 Å². The van der Waals surface area contributed by atoms with Gasteiger partial charge in [0, 0.05) is 34.6 Å². The summed E-state index contributed by atoms with van der Waals surface area (Å²) in [5.41, 5.74) is 0. The number of nitrogens with one attached hydrogen (secondary N) is 1. The zero-order valence-electron chi connectivity index (χ0n) is 15.7. The molecule has 0 saturated carbocycles. The van der Waals surface area contributed by atoms with Gasteiger partial charge in [0.15, 0.2) is 24.5 Å². The van der Waals surface area contributed by atoms with Crippen LogP contribution in [0.5, 0.6) is 0 Å². The number of hydrogen-bond donors (Lipinski definition) is 1. The first kappa shape index (κ1) is 22.4. The highest BCUT2D eigenvalue weighted by Gasteiger charge is 2.52. The lowest BCUT2D eigenvalue weighted by atomic mass is 9.97. The first-order valence-electron chi connectivity index (χ1n) is 8.08. The molecule has 1 amide bonds. The molecule has 0 radical (unpaired) electrons. The van der Waals surface area contributed by atoms with Crippen molar-refractivity contribution < 1.29 is 47.7 Å². The average molecular weight is 389 g/mol. The molecule has 1 saturated heterocycles. The molecular formula is C16H23NO10. The summed E-state index contributed by atoms with van der Waals surface area (Å²) in [7, 11) is 0. The van der Waals surface area contributed by atoms with E-state index < -0.39 is 60.4 Å². The van der Waals surface area contributed by atoms with Crippen molar-refractivity contribution in [3.05, 3.63) is 0 Å². The van der Waals surface area contributed by atoms with Crippen LogP contribution in [0.25, 0.3) is 0 Å². The zero-order valence-corrected chi connectivity index (χ0v) is 15.7. The summed E-state index contributed by atoms with van der Waals surface area (Å²) in [6.45, 7) is 5.36. The third kappa shape index (κ3) is 7.21. The minimum atomic E-state index is -1.30. The van der Waals surface area contributed by atoms with Crippen molar-refractivity contribution in [3.63, 3.8) is 0 Å². The van der Waals surface area contributed by atoms with E-state index in [1.807, 2.05) is 0 Å². The average Bonchev–Trinajstić information content (AvgIpc) is 2.49. The smallest absolute Gasteiger partial charge is 0.303 e. The van der Waals surface area contributed by atoms with E-state index in [9.17, 15) is 24.0 Å². The molecule has 0 aromatic rings. The maximum absolute atomic E-state index is 11.6. The maximum atomic E-state index is 11.6. The van der Waals surface area contributed by atoms with Gasteiger partial charge in [0.2, 0.25) is 5.91 Å². The van der Waals surface area contributed by atoms with Crippen LogP contribution in [0.3, 0.4) is 0 Å². The molecule has 152 valence electrons. The van der Waals surface area contributed by atoms with Crippen LogP contribution in [0.15, 0.2) is 0 Å². The van der Waals surface area contributed by atoms with Gasteiger partial charge in [-0.15, -0.1) is 0 Å². The second-order valence-corrected chi connectivity index (χ2v) is 5.82. The van der Waals surface area contributed by atoms with E-state index in [4.69, 9.17) is 23.7 Å². The summed E-state index contributed by atoms with van der Waals surface area (Å²) in [5.74, 6) is -3.36. The van der Waals surface area contributed by atoms with Crippen LogP contribution in [0.4, 0.5) is 0 Å². The van der Waals surface area contributed by atoms with Crippen LogP contribution in [-0.4, -0.2) is 67.0 Å². The molecule has 0 aliphatic carbocycles. The molecule has 1 aliphatic rings. The number of hydrogen-bond acceptors (Lipinski definition) is 10. The van der Waals surface area contributed by atoms with Gasteiger partial charge in [-0.1, -0.05) is 0 Å². The number of amides is 1. The molecule has 0 spiro atoms. The van der Waals surface area contributed by atoms with Crippen LogP contribution in [0, 0.1) is 0 Å². The molecule has 0 aromatic carbocycles. The number of rotatable bonds is 6. The third-order valence-electron chi connectivity index (χ3n) is 3.34. The molecule has 0 aromatic heterocycles. The van der Waals surface area contributed by atoms with Gasteiger partial charge in [0.1, 0.15) is 12.7 Å². The van der Waals surface area contributed by atoms with E-state index in [1.54, 1.807) is 0 Å². The summed E-state index contributed by atoms with van der Waals surface area (Å²) in [6, 6.07) is 0. The van der Waals surface area contributed by atoms with Crippen molar-refractivity contribution >= 4 is 29.8 Å². The van der Waals surface area contributed by atoms with Crippen LogP contribution < -0.4 is 5.32 Å². The highest BCUT2D eigenvalue weighted by molar-refractivity contribution is 5.73. The lowest BCUT2D eigenvalue weighted by Gasteiger charge is -2.44. The second kappa shape index (κ2) is 9.86. The summed E-state index contributed by atoms with van der Waals surface area (Å²) in [6.07, 6.45) is -6.18. The van der Waals surface area contributed by atoms with Gasteiger partial charge in [0.25, 0.3) is 0 Å². The molecule has 1 N–H and O–H groups in total. The Kier molecular flexibility index (Phi) is 8.16. The van der Waals surface area contributed by atoms with Gasteiger partial charge in [-0.2, -0.15) is 0 Å². The van der Waals surface area contributed by atoms with Crippen molar-refractivity contribution in [3.8, 4) is 0 Å². The summed E-state index contributed by atoms with van der Waals surface area (Å²) in [5, 5.41) is 2.42. The van der Waals surface area contributed by atoms with Crippen LogP contribution in [0.1, 0.15) is 34.6 Å². The fourth-order valence-corrected chi connectivity index (χ4v) is 2.54. The highest BCUT2D eigenvalue weighted by Crippen LogP contribution is 2.28. The minimum absolute atomic E-state index is 0.353. The Bertz CT molecular complexity index is 604. The lowest BCUT2D eigenvalue weighted by molar-refractivity contribution is -0.256. The van der Waals surface area contributed by atoms with Crippen molar-refractivity contribution in [2.24, 2.45) is 0 Å². The minimum Gasteiger partial charge on any atom is -0.463 e. The molecule has 1 heterocycles. The predicted octanol–water partition coefficient (Wildman–Crippen LogP) is -0.794. The van der Waals surface area contributed by atoms with Crippen molar-refractivity contribution in [2.75, 3.05) is 6.61 Å². The maximum Gasteiger partial charge on any atom is 0.303 e. The third-order valence-corrected chi connectivity index (χ3v) is 3.34. The summed E-state index contributed by atoms with van der Waals surface area (Å²) in [4.78, 5) is 57.2. The predicted molar refractivity (Wildman–Crippen MR) is 85.8 cm³/mol. The first-order chi connectivity index (χ1) is 12.5. The molecule has 27 heavy (non-hydrogen) atoms. The highest BCUT2D eigenvalue weighted by atomic mass is 16.7. The van der Waals surface area contributed by atoms with E-state index in [0.717, 1.165) is 20.8 Å². The number of carbonyl (C=O) groups excluding carboxylic acids is 5. The normalized spacial score (nSPS) is 27.1. The number of ether oxygens (including phenoxy) is 5. The standard InChI is InChI=1S/C16H23NO10/c1-7(18)17-16-15(26-11(5)22)14(25-10(4)21)13(24-9(3)20)12(27-16)6-23-8(2)19/h12-16H,6H2,1-5H3,(H,17,18)/t12-,13+,14+,15-,16-/m1/s1. The molecular weight excluding hydrogens is 366 g/mol. The Morgan fingerprint density at radius 2 is 1.22 bits per heavy atom. The molecule has 1 rings (SSSR count). The van der Waals surface area contributed by atoms with E-state index in [0.29, 0.717) is 0 Å². The summed E-state index contributed by atoms with van der Waals surface area (Å²) >= 11 is 0. The van der Waals surface area contributed by atoms with Gasteiger partial charge < -0.3 is 29.0 Å². The van der Waals surface area contributed by atoms with Crippen molar-refractivity contribution in [1.29, 1.82) is 0 Å². The Balaban J connectivity index is 3.29. The molecule has 1 fully saturated rings. The van der Waals surface area contributed by atoms with Crippen LogP contribution in [-0.2, 0) is 47.7 Å². The monoisotopic (exact) mass is 389 g/mol. The number of carbonyl (C=O) groups is 5. The summed E-state index contributed by atoms with van der Waals surface area (Å²) < 4.78 is 26.1. The Morgan fingerprint density at radius 3 is 1.67 bits per heavy atom. The SMILES string of the molecule is CC(=O)N[C@@H]1O[C@H](COC(C)=O)[C@H](OC(C)=O)[C@H](OC(C)=O)[C@H]1OC(C)=O. The van der Waals surface area contributed by atoms with Crippen LogP contribution >= 0.6 is 0 Å². The topological polar surface area (TPSA) is 144 Å². The van der Waals surface area contributed by atoms with Gasteiger partial charge in [-0.25, -0.2) is 0 Å². The molecule has 5 atom stereocenters. The van der Waals surface area contributed by atoms with Crippen molar-refractivity contribution in [1.82, 2.24) is 5.32 Å². The molecule has 11 heteroatoms. The number of esters is 4. The van der Waals surface area contributed by atoms with E-state index >= 15 is 0 Å². The largest absolute Gasteiger partial charge is 0.463 e. The van der Waals surface area contributed by atoms with Crippen LogP contribution in [0.2, 0.25) is 0 Å². The molecule has 0 unspecified atom stereocenters. The van der Waals surface area contributed by atoms with Gasteiger partial charge in [-0.3, -0.25) is 24.0 Å². The molecule has 1 aliphatic heterocycles. The first-order valence-corrected chi connectivity index (χ1v) is 8.08. The quantitative estimate of drug-likeness (QED) is 0.453. The fourth-order valence-electron chi connectivity index (χ4n) is 2.54. The lowest BCUT2D eigenvalue weighted by Crippen LogP contribution is -2.66. The zero-order chi connectivity index (χ0) is 20.7. The van der Waals surface area contributed by atoms with E-state index in [2.05, 4.69) is 5.32 Å². The Hall–Kier alpha value is -2.69. The fraction of sp³-hybridized carbons (Fsp3) is 0.688. The van der Waals surface area contributed by atoms with Crippen molar-refractivity contribution in [2.45, 2.75) is 65.3 Å². The second-order valence-electron chi connectivity index (χ2n) is 5.82. The van der Waals surface area contributed by atoms with E-state index in [-0.39, 0.29) is 6.61 Å². The van der Waals surface area contributed by atoms with E-state index in [1.165, 1.54) is 13.8 Å². The Labute approximate surface area is 155 Å². The Morgan fingerprint density at radius 1 is 0.741 bits per heavy atom. The molecule has 11 nitrogen and oxygen atoms in total. The molecule has 0 bridgehead atoms.